The standard InChI is InChI=1S/C29H30N2O8S/c1-17(37-18(2)33)26(34)31-22-11-9-21(10-12-22)29-38-23(16-40-27-24(28(35)36)4-3-13-30-27)14-25(39-29)20-7-5-19(15-32)6-8-20/h3-13,17,23,25,29,32H,14-16H2,1-2H3,(H,31,34)(H,35,36)/t17-,23+,25-,29-/m0/s1. The van der Waals surface area contributed by atoms with E-state index in [1.807, 2.05) is 24.3 Å². The molecule has 11 heteroatoms. The number of ether oxygens (including phenoxy) is 3. The molecule has 4 rings (SSSR count). The molecule has 40 heavy (non-hydrogen) atoms. The van der Waals surface area contributed by atoms with Gasteiger partial charge in [0.1, 0.15) is 5.03 Å². The number of aromatic nitrogens is 1. The van der Waals surface area contributed by atoms with Crippen LogP contribution in [0.25, 0.3) is 0 Å². The first-order chi connectivity index (χ1) is 19.2. The number of aliphatic hydroxyl groups excluding tert-OH is 1. The molecule has 1 amide bonds. The number of pyridine rings is 1. The normalized spacial score (nSPS) is 19.4. The van der Waals surface area contributed by atoms with Gasteiger partial charge in [0.15, 0.2) is 12.4 Å². The van der Waals surface area contributed by atoms with Gasteiger partial charge in [-0.2, -0.15) is 0 Å². The topological polar surface area (TPSA) is 144 Å². The van der Waals surface area contributed by atoms with E-state index in [2.05, 4.69) is 10.3 Å². The van der Waals surface area contributed by atoms with E-state index in [0.717, 1.165) is 16.7 Å². The molecule has 0 unspecified atom stereocenters. The van der Waals surface area contributed by atoms with Crippen molar-refractivity contribution in [3.05, 3.63) is 89.1 Å². The predicted molar refractivity (Wildman–Crippen MR) is 147 cm³/mol. The minimum Gasteiger partial charge on any atom is -0.478 e. The summed E-state index contributed by atoms with van der Waals surface area (Å²) in [6.45, 7) is 2.67. The summed E-state index contributed by atoms with van der Waals surface area (Å²) >= 11 is 1.31. The molecule has 1 aliphatic rings. The number of rotatable bonds is 10. The number of benzene rings is 2. The first kappa shape index (κ1) is 29.2. The molecule has 4 atom stereocenters. The van der Waals surface area contributed by atoms with Crippen molar-refractivity contribution in [1.29, 1.82) is 0 Å². The van der Waals surface area contributed by atoms with Gasteiger partial charge < -0.3 is 29.7 Å². The van der Waals surface area contributed by atoms with E-state index in [9.17, 15) is 24.6 Å². The number of nitrogens with zero attached hydrogens (tertiary/aromatic N) is 1. The Morgan fingerprint density at radius 1 is 1.07 bits per heavy atom. The first-order valence-corrected chi connectivity index (χ1v) is 13.6. The van der Waals surface area contributed by atoms with E-state index in [1.165, 1.54) is 31.7 Å². The van der Waals surface area contributed by atoms with Gasteiger partial charge >= 0.3 is 11.9 Å². The maximum atomic E-state index is 12.3. The van der Waals surface area contributed by atoms with Gasteiger partial charge in [-0.05, 0) is 42.3 Å². The van der Waals surface area contributed by atoms with Gasteiger partial charge in [0.2, 0.25) is 0 Å². The van der Waals surface area contributed by atoms with Gasteiger partial charge in [0.25, 0.3) is 5.91 Å². The molecule has 3 aromatic rings. The fourth-order valence-corrected chi connectivity index (χ4v) is 5.14. The third-order valence-electron chi connectivity index (χ3n) is 6.18. The lowest BCUT2D eigenvalue weighted by atomic mass is 10.0. The summed E-state index contributed by atoms with van der Waals surface area (Å²) in [6.07, 6.45) is -0.184. The van der Waals surface area contributed by atoms with Gasteiger partial charge in [-0.3, -0.25) is 9.59 Å². The Hall–Kier alpha value is -3.77. The van der Waals surface area contributed by atoms with Crippen LogP contribution >= 0.6 is 11.8 Å². The third-order valence-corrected chi connectivity index (χ3v) is 7.32. The zero-order valence-corrected chi connectivity index (χ0v) is 22.8. The number of anilines is 1. The summed E-state index contributed by atoms with van der Waals surface area (Å²) < 4.78 is 17.5. The lowest BCUT2D eigenvalue weighted by Crippen LogP contribution is -2.31. The van der Waals surface area contributed by atoms with Crippen molar-refractivity contribution in [2.75, 3.05) is 11.1 Å². The molecule has 0 bridgehead atoms. The monoisotopic (exact) mass is 566 g/mol. The van der Waals surface area contributed by atoms with E-state index in [1.54, 1.807) is 36.5 Å². The van der Waals surface area contributed by atoms with Crippen LogP contribution in [-0.4, -0.2) is 51.0 Å². The molecule has 3 N–H and O–H groups in total. The van der Waals surface area contributed by atoms with Gasteiger partial charge in [-0.25, -0.2) is 9.78 Å². The van der Waals surface area contributed by atoms with Crippen molar-refractivity contribution in [3.63, 3.8) is 0 Å². The van der Waals surface area contributed by atoms with Crippen molar-refractivity contribution < 1.29 is 38.8 Å². The number of aromatic carboxylic acids is 1. The first-order valence-electron chi connectivity index (χ1n) is 12.6. The van der Waals surface area contributed by atoms with E-state index in [4.69, 9.17) is 14.2 Å². The highest BCUT2D eigenvalue weighted by molar-refractivity contribution is 7.99. The molecule has 10 nitrogen and oxygen atoms in total. The smallest absolute Gasteiger partial charge is 0.338 e. The number of carbonyl (C=O) groups is 3. The average molecular weight is 567 g/mol. The second-order valence-electron chi connectivity index (χ2n) is 9.19. The average Bonchev–Trinajstić information content (AvgIpc) is 2.96. The number of esters is 1. The predicted octanol–water partition coefficient (Wildman–Crippen LogP) is 4.50. The van der Waals surface area contributed by atoms with Crippen LogP contribution in [0.2, 0.25) is 0 Å². The molecule has 2 aromatic carbocycles. The number of thioether (sulfide) groups is 1. The van der Waals surface area contributed by atoms with Crippen LogP contribution in [0.5, 0.6) is 0 Å². The number of hydrogen-bond acceptors (Lipinski definition) is 9. The van der Waals surface area contributed by atoms with E-state index < -0.39 is 30.2 Å². The Balaban J connectivity index is 1.50. The van der Waals surface area contributed by atoms with Gasteiger partial charge in [-0.1, -0.05) is 36.4 Å². The fourth-order valence-electron chi connectivity index (χ4n) is 4.13. The Morgan fingerprint density at radius 2 is 1.77 bits per heavy atom. The Kier molecular flexibility index (Phi) is 9.88. The molecule has 1 fully saturated rings. The number of carbonyl (C=O) groups excluding carboxylic acids is 2. The van der Waals surface area contributed by atoms with Crippen molar-refractivity contribution in [1.82, 2.24) is 4.98 Å². The molecule has 0 radical (unpaired) electrons. The van der Waals surface area contributed by atoms with Gasteiger partial charge in [0, 0.05) is 36.5 Å². The molecular formula is C29H30N2O8S. The van der Waals surface area contributed by atoms with E-state index >= 15 is 0 Å². The van der Waals surface area contributed by atoms with Crippen LogP contribution in [-0.2, 0) is 30.4 Å². The fraction of sp³-hybridized carbons (Fsp3) is 0.310. The van der Waals surface area contributed by atoms with Crippen LogP contribution in [0.1, 0.15) is 59.7 Å². The summed E-state index contributed by atoms with van der Waals surface area (Å²) in [5.74, 6) is -1.59. The summed E-state index contributed by atoms with van der Waals surface area (Å²) in [5, 5.41) is 22.0. The molecule has 1 saturated heterocycles. The minimum atomic E-state index is -1.04. The van der Waals surface area contributed by atoms with E-state index in [0.29, 0.717) is 22.9 Å². The Morgan fingerprint density at radius 3 is 2.42 bits per heavy atom. The molecule has 1 aromatic heterocycles. The number of carboxylic acid groups (broad SMARTS) is 1. The summed E-state index contributed by atoms with van der Waals surface area (Å²) in [6, 6.07) is 17.6. The van der Waals surface area contributed by atoms with Crippen LogP contribution in [0.15, 0.2) is 71.9 Å². The molecule has 210 valence electrons. The molecule has 0 spiro atoms. The highest BCUT2D eigenvalue weighted by Gasteiger charge is 2.32. The number of hydrogen-bond donors (Lipinski definition) is 3. The minimum absolute atomic E-state index is 0.0602. The zero-order valence-electron chi connectivity index (χ0n) is 22.0. The van der Waals surface area contributed by atoms with Crippen LogP contribution in [0, 0.1) is 0 Å². The number of amides is 1. The highest BCUT2D eigenvalue weighted by Crippen LogP contribution is 2.39. The van der Waals surface area contributed by atoms with Crippen molar-refractivity contribution >= 4 is 35.3 Å². The maximum Gasteiger partial charge on any atom is 0.338 e. The van der Waals surface area contributed by atoms with Crippen LogP contribution < -0.4 is 5.32 Å². The van der Waals surface area contributed by atoms with Crippen molar-refractivity contribution in [2.45, 2.75) is 56.5 Å². The van der Waals surface area contributed by atoms with Gasteiger partial charge in [-0.15, -0.1) is 11.8 Å². The molecule has 2 heterocycles. The maximum absolute atomic E-state index is 12.3. The van der Waals surface area contributed by atoms with Crippen LogP contribution in [0.4, 0.5) is 5.69 Å². The zero-order chi connectivity index (χ0) is 28.6. The summed E-state index contributed by atoms with van der Waals surface area (Å²) in [7, 11) is 0. The van der Waals surface area contributed by atoms with Crippen molar-refractivity contribution in [3.8, 4) is 0 Å². The van der Waals surface area contributed by atoms with Gasteiger partial charge in [0.05, 0.1) is 24.4 Å². The quantitative estimate of drug-likeness (QED) is 0.237. The Bertz CT molecular complexity index is 1330. The lowest BCUT2D eigenvalue weighted by molar-refractivity contribution is -0.245. The lowest BCUT2D eigenvalue weighted by Gasteiger charge is -2.36. The highest BCUT2D eigenvalue weighted by atomic mass is 32.2. The Labute approximate surface area is 235 Å². The number of nitrogens with one attached hydrogen (secondary N) is 1. The second kappa shape index (κ2) is 13.5. The van der Waals surface area contributed by atoms with Crippen molar-refractivity contribution in [2.24, 2.45) is 0 Å². The molecular weight excluding hydrogens is 536 g/mol. The molecule has 0 saturated carbocycles. The number of carboxylic acids is 1. The third kappa shape index (κ3) is 7.66. The SMILES string of the molecule is CC(=O)O[C@@H](C)C(=O)Nc1ccc([C@H]2O[C@@H](CSc3ncccc3C(=O)O)C[C@@H](c3ccc(CO)cc3)O2)cc1. The largest absolute Gasteiger partial charge is 0.478 e. The van der Waals surface area contributed by atoms with Crippen LogP contribution in [0.3, 0.4) is 0 Å². The number of aliphatic hydroxyl groups is 1. The molecule has 0 aliphatic carbocycles. The van der Waals surface area contributed by atoms with E-state index in [-0.39, 0.29) is 24.4 Å². The molecule has 1 aliphatic heterocycles. The summed E-state index contributed by atoms with van der Waals surface area (Å²) in [5.41, 5.74) is 3.09. The second-order valence-corrected chi connectivity index (χ2v) is 10.2. The summed E-state index contributed by atoms with van der Waals surface area (Å²) in [4.78, 5) is 39.2.